The van der Waals surface area contributed by atoms with Gasteiger partial charge in [0, 0.05) is 24.3 Å². The molecule has 0 saturated heterocycles. The van der Waals surface area contributed by atoms with Crippen LogP contribution in [0, 0.1) is 6.92 Å². The molecule has 0 atom stereocenters. The van der Waals surface area contributed by atoms with Crippen LogP contribution in [0.1, 0.15) is 42.4 Å². The molecule has 206 valence electrons. The van der Waals surface area contributed by atoms with Gasteiger partial charge in [0.05, 0.1) is 0 Å². The molecule has 0 amide bonds. The summed E-state index contributed by atoms with van der Waals surface area (Å²) in [5.74, 6) is 1.04. The van der Waals surface area contributed by atoms with Crippen LogP contribution in [0.15, 0.2) is 132 Å². The predicted molar refractivity (Wildman–Crippen MR) is 182 cm³/mol. The first-order valence-electron chi connectivity index (χ1n) is 15.2. The molecular weight excluding hydrogens is 508 g/mol. The number of hydrogen-bond acceptors (Lipinski definition) is 2. The highest BCUT2D eigenvalue weighted by Crippen LogP contribution is 2.43. The number of rotatable bonds is 4. The van der Waals surface area contributed by atoms with Gasteiger partial charge in [0.2, 0.25) is 0 Å². The molecule has 2 heteroatoms. The monoisotopic (exact) mass is 544 g/mol. The number of aryl methyl sites for hydroxylation is 1. The standard InChI is InChI=1S/C40H36N2/c1-29-20-25-36-37(28-29)39(35-19-11-10-18-34(35)38(36)30-14-6-4-7-15-30)31-21-23-33(24-22-31)42-27-13-3-2-12-26-41-40(42)32-16-8-5-9-17-32/h3,5-6,8-11,13-25,28H,2,4,7,12,26-27H2,1H3/b13-3-,41-40?. The van der Waals surface area contributed by atoms with E-state index >= 15 is 0 Å². The number of benzene rings is 5. The van der Waals surface area contributed by atoms with Crippen molar-refractivity contribution in [1.82, 2.24) is 0 Å². The van der Waals surface area contributed by atoms with E-state index in [2.05, 4.69) is 139 Å². The van der Waals surface area contributed by atoms with Gasteiger partial charge in [-0.2, -0.15) is 0 Å². The van der Waals surface area contributed by atoms with Crippen molar-refractivity contribution in [1.29, 1.82) is 0 Å². The highest BCUT2D eigenvalue weighted by atomic mass is 15.2. The molecule has 1 aliphatic carbocycles. The lowest BCUT2D eigenvalue weighted by atomic mass is 9.84. The first-order chi connectivity index (χ1) is 20.8. The van der Waals surface area contributed by atoms with E-state index in [0.717, 1.165) is 55.9 Å². The summed E-state index contributed by atoms with van der Waals surface area (Å²) in [5, 5.41) is 5.25. The molecule has 0 spiro atoms. The fourth-order valence-corrected chi connectivity index (χ4v) is 6.45. The number of amidine groups is 1. The van der Waals surface area contributed by atoms with E-state index in [1.807, 2.05) is 0 Å². The van der Waals surface area contributed by atoms with E-state index in [9.17, 15) is 0 Å². The van der Waals surface area contributed by atoms with E-state index < -0.39 is 0 Å². The van der Waals surface area contributed by atoms with E-state index in [-0.39, 0.29) is 0 Å². The Labute approximate surface area is 249 Å². The zero-order valence-electron chi connectivity index (χ0n) is 24.3. The highest BCUT2D eigenvalue weighted by Gasteiger charge is 2.19. The Bertz CT molecular complexity index is 1870. The van der Waals surface area contributed by atoms with Crippen LogP contribution in [0.3, 0.4) is 0 Å². The highest BCUT2D eigenvalue weighted by molar-refractivity contribution is 6.19. The van der Waals surface area contributed by atoms with Crippen LogP contribution in [-0.2, 0) is 0 Å². The molecule has 0 aromatic heterocycles. The SMILES string of the molecule is Cc1ccc2c(C3=CCCC=C3)c3ccccc3c(-c3ccc(N4C/C=C\CCCN=C4c4ccccc4)cc3)c2c1. The Morgan fingerprint density at radius 1 is 0.619 bits per heavy atom. The molecule has 0 fully saturated rings. The molecule has 2 nitrogen and oxygen atoms in total. The minimum atomic E-state index is 0.801. The first-order valence-corrected chi connectivity index (χ1v) is 15.2. The Hall–Kier alpha value is -4.69. The Morgan fingerprint density at radius 3 is 2.17 bits per heavy atom. The van der Waals surface area contributed by atoms with Crippen molar-refractivity contribution >= 4 is 38.6 Å². The Morgan fingerprint density at radius 2 is 1.38 bits per heavy atom. The number of hydrogen-bond donors (Lipinski definition) is 0. The summed E-state index contributed by atoms with van der Waals surface area (Å²) in [6.07, 6.45) is 16.0. The number of aliphatic imine (C=N–C) groups is 1. The average molecular weight is 545 g/mol. The second kappa shape index (κ2) is 11.7. The summed E-state index contributed by atoms with van der Waals surface area (Å²) in [7, 11) is 0. The van der Waals surface area contributed by atoms with Crippen LogP contribution in [0.5, 0.6) is 0 Å². The summed E-state index contributed by atoms with van der Waals surface area (Å²) in [5.41, 5.74) is 8.83. The van der Waals surface area contributed by atoms with Crippen molar-refractivity contribution in [2.75, 3.05) is 18.0 Å². The molecular formula is C40H36N2. The zero-order chi connectivity index (χ0) is 28.3. The van der Waals surface area contributed by atoms with Gasteiger partial charge in [0.25, 0.3) is 0 Å². The van der Waals surface area contributed by atoms with Crippen LogP contribution in [0.2, 0.25) is 0 Å². The third-order valence-electron chi connectivity index (χ3n) is 8.46. The molecule has 0 N–H and O–H groups in total. The first kappa shape index (κ1) is 26.2. The average Bonchev–Trinajstić information content (AvgIpc) is 3.17. The van der Waals surface area contributed by atoms with Crippen LogP contribution < -0.4 is 4.90 Å². The Kier molecular flexibility index (Phi) is 7.28. The van der Waals surface area contributed by atoms with E-state index in [0.29, 0.717) is 0 Å². The van der Waals surface area contributed by atoms with Gasteiger partial charge in [-0.3, -0.25) is 4.99 Å². The second-order valence-electron chi connectivity index (χ2n) is 11.3. The van der Waals surface area contributed by atoms with Crippen LogP contribution in [0.25, 0.3) is 38.2 Å². The summed E-state index contributed by atoms with van der Waals surface area (Å²) < 4.78 is 0. The Balaban J connectivity index is 1.39. The molecule has 5 aromatic carbocycles. The van der Waals surface area contributed by atoms with E-state index in [4.69, 9.17) is 4.99 Å². The summed E-state index contributed by atoms with van der Waals surface area (Å²) in [6.45, 7) is 3.83. The largest absolute Gasteiger partial charge is 0.322 e. The van der Waals surface area contributed by atoms with Gasteiger partial charge in [-0.25, -0.2) is 0 Å². The van der Waals surface area contributed by atoms with Crippen molar-refractivity contribution in [2.45, 2.75) is 32.6 Å². The third kappa shape index (κ3) is 4.99. The fraction of sp³-hybridized carbons (Fsp3) is 0.175. The maximum atomic E-state index is 5.09. The fourth-order valence-electron chi connectivity index (χ4n) is 6.45. The smallest absolute Gasteiger partial charge is 0.135 e. The molecule has 0 radical (unpaired) electrons. The lowest BCUT2D eigenvalue weighted by Gasteiger charge is -2.26. The van der Waals surface area contributed by atoms with Crippen LogP contribution in [-0.4, -0.2) is 18.9 Å². The maximum Gasteiger partial charge on any atom is 0.135 e. The molecule has 0 unspecified atom stereocenters. The molecule has 5 aromatic rings. The number of fused-ring (bicyclic) bond motifs is 2. The molecule has 1 aliphatic heterocycles. The minimum Gasteiger partial charge on any atom is -0.322 e. The van der Waals surface area contributed by atoms with Crippen LogP contribution in [0.4, 0.5) is 5.69 Å². The quantitative estimate of drug-likeness (QED) is 0.162. The molecule has 42 heavy (non-hydrogen) atoms. The van der Waals surface area contributed by atoms with Crippen LogP contribution >= 0.6 is 0 Å². The minimum absolute atomic E-state index is 0.801. The van der Waals surface area contributed by atoms with Crippen molar-refractivity contribution < 1.29 is 0 Å². The number of allylic oxidation sites excluding steroid dienone is 5. The lowest BCUT2D eigenvalue weighted by Crippen LogP contribution is -2.32. The predicted octanol–water partition coefficient (Wildman–Crippen LogP) is 10.3. The van der Waals surface area contributed by atoms with Gasteiger partial charge in [0.15, 0.2) is 0 Å². The van der Waals surface area contributed by atoms with Gasteiger partial charge in [-0.1, -0.05) is 121 Å². The van der Waals surface area contributed by atoms with E-state index in [1.165, 1.54) is 49.4 Å². The van der Waals surface area contributed by atoms with Crippen molar-refractivity contribution in [3.05, 3.63) is 144 Å². The third-order valence-corrected chi connectivity index (χ3v) is 8.46. The number of nitrogens with zero attached hydrogens (tertiary/aromatic N) is 2. The van der Waals surface area contributed by atoms with E-state index in [1.54, 1.807) is 0 Å². The number of anilines is 1. The summed E-state index contributed by atoms with van der Waals surface area (Å²) >= 11 is 0. The van der Waals surface area contributed by atoms with Crippen molar-refractivity contribution in [3.63, 3.8) is 0 Å². The van der Waals surface area contributed by atoms with Gasteiger partial charge in [0.1, 0.15) is 5.84 Å². The van der Waals surface area contributed by atoms with Gasteiger partial charge < -0.3 is 4.90 Å². The van der Waals surface area contributed by atoms with Crippen molar-refractivity contribution in [2.24, 2.45) is 4.99 Å². The second-order valence-corrected chi connectivity index (χ2v) is 11.3. The topological polar surface area (TPSA) is 15.6 Å². The lowest BCUT2D eigenvalue weighted by molar-refractivity contribution is 0.856. The normalized spacial score (nSPS) is 16.5. The molecule has 1 heterocycles. The van der Waals surface area contributed by atoms with Gasteiger partial charge in [-0.15, -0.1) is 0 Å². The van der Waals surface area contributed by atoms with Gasteiger partial charge in [-0.05, 0) is 88.5 Å². The van der Waals surface area contributed by atoms with Gasteiger partial charge >= 0.3 is 0 Å². The molecule has 0 saturated carbocycles. The maximum absolute atomic E-state index is 5.09. The van der Waals surface area contributed by atoms with Crippen molar-refractivity contribution in [3.8, 4) is 11.1 Å². The summed E-state index contributed by atoms with van der Waals surface area (Å²) in [6, 6.07) is 35.6. The molecule has 2 aliphatic rings. The zero-order valence-corrected chi connectivity index (χ0v) is 24.3. The summed E-state index contributed by atoms with van der Waals surface area (Å²) in [4.78, 5) is 7.44. The molecule has 0 bridgehead atoms. The molecule has 7 rings (SSSR count).